The van der Waals surface area contributed by atoms with Crippen molar-refractivity contribution < 1.29 is 30.8 Å². The minimum absolute atomic E-state index is 0.0452. The minimum atomic E-state index is -4.62. The van der Waals surface area contributed by atoms with Gasteiger partial charge in [-0.15, -0.1) is 0 Å². The van der Waals surface area contributed by atoms with E-state index in [1.807, 2.05) is 13.0 Å². The zero-order valence-electron chi connectivity index (χ0n) is 24.5. The summed E-state index contributed by atoms with van der Waals surface area (Å²) in [4.78, 5) is 18.4. The van der Waals surface area contributed by atoms with Crippen molar-refractivity contribution in [2.75, 3.05) is 6.54 Å². The van der Waals surface area contributed by atoms with Crippen molar-refractivity contribution >= 4 is 21.9 Å². The minimum Gasteiger partial charge on any atom is -0.291 e. The van der Waals surface area contributed by atoms with Gasteiger partial charge in [-0.2, -0.15) is 27.7 Å². The molecular weight excluding hydrogens is 612 g/mol. The van der Waals surface area contributed by atoms with Crippen molar-refractivity contribution in [3.8, 4) is 5.69 Å². The van der Waals surface area contributed by atoms with E-state index in [2.05, 4.69) is 15.2 Å². The zero-order chi connectivity index (χ0) is 32.1. The highest BCUT2D eigenvalue weighted by molar-refractivity contribution is 7.89. The van der Waals surface area contributed by atoms with Gasteiger partial charge >= 0.3 is 6.18 Å². The average molecular weight is 643 g/mol. The maximum absolute atomic E-state index is 14.4. The molecule has 2 atom stereocenters. The van der Waals surface area contributed by atoms with Crippen LogP contribution in [0.15, 0.2) is 71.7 Å². The van der Waals surface area contributed by atoms with Crippen molar-refractivity contribution in [2.24, 2.45) is 5.41 Å². The molecule has 14 heteroatoms. The molecule has 6 rings (SSSR count). The van der Waals surface area contributed by atoms with Crippen LogP contribution in [0.5, 0.6) is 0 Å². The maximum Gasteiger partial charge on any atom is 0.417 e. The number of hydrogen-bond acceptors (Lipinski definition) is 6. The number of ketones is 1. The number of benzene rings is 1. The molecule has 45 heavy (non-hydrogen) atoms. The van der Waals surface area contributed by atoms with Crippen LogP contribution >= 0.6 is 0 Å². The number of aryl methyl sites for hydroxylation is 1. The Morgan fingerprint density at radius 2 is 1.82 bits per heavy atom. The fraction of sp³-hybridized carbons (Fsp3) is 0.355. The van der Waals surface area contributed by atoms with Crippen molar-refractivity contribution in [3.63, 3.8) is 0 Å². The Balaban J connectivity index is 1.42. The number of sulfonamides is 1. The molecule has 1 saturated carbocycles. The molecule has 0 aliphatic heterocycles. The second-order valence-corrected chi connectivity index (χ2v) is 13.2. The van der Waals surface area contributed by atoms with Crippen molar-refractivity contribution in [1.29, 1.82) is 0 Å². The first-order valence-corrected chi connectivity index (χ1v) is 16.0. The van der Waals surface area contributed by atoms with E-state index >= 15 is 0 Å². The molecule has 0 amide bonds. The van der Waals surface area contributed by atoms with Crippen LogP contribution in [-0.2, 0) is 29.2 Å². The summed E-state index contributed by atoms with van der Waals surface area (Å²) in [7, 11) is -3.98. The number of Topliss-reactive ketones (excluding diaryl/α,β-unsaturated/α-hetero) is 1. The first kappa shape index (κ1) is 30.8. The molecule has 1 fully saturated rings. The number of halogens is 4. The topological polar surface area (TPSA) is 103 Å². The number of alkyl halides is 3. The molecule has 0 radical (unpaired) electrons. The van der Waals surface area contributed by atoms with Crippen LogP contribution in [0.4, 0.5) is 17.6 Å². The average Bonchev–Trinajstić information content (AvgIpc) is 3.67. The van der Waals surface area contributed by atoms with Gasteiger partial charge in [0.25, 0.3) is 0 Å². The standard InChI is InChI=1S/C31H30F4N6O3S/c1-3-39-19-26(18-37-39)45(43,44)40(4-2)25-9-5-21-13-28-20(16-38-41(28)24-10-7-23(32)8-11-24)14-30(21,15-25)29(42)27-12-6-22(17-36-27)31(33,34)35/h6-8,10-13,16-19,25H,3-5,9,14-15H2,1-2H3/t25-,30-/m0/s1. The lowest BCUT2D eigenvalue weighted by atomic mass is 9.60. The third kappa shape index (κ3) is 5.39. The van der Waals surface area contributed by atoms with Crippen molar-refractivity contribution in [2.45, 2.75) is 63.2 Å². The van der Waals surface area contributed by atoms with Crippen molar-refractivity contribution in [1.82, 2.24) is 28.9 Å². The number of aromatic nitrogens is 5. The van der Waals surface area contributed by atoms with E-state index in [4.69, 9.17) is 0 Å². The fourth-order valence-corrected chi connectivity index (χ4v) is 8.09. The molecule has 4 aromatic rings. The summed E-state index contributed by atoms with van der Waals surface area (Å²) in [6.45, 7) is 4.20. The van der Waals surface area contributed by atoms with E-state index in [1.165, 1.54) is 33.5 Å². The van der Waals surface area contributed by atoms with E-state index in [0.717, 1.165) is 12.1 Å². The molecule has 0 N–H and O–H groups in total. The number of pyridine rings is 1. The van der Waals surface area contributed by atoms with Crippen LogP contribution in [0.2, 0.25) is 0 Å². The van der Waals surface area contributed by atoms with Crippen LogP contribution in [0, 0.1) is 11.2 Å². The Hall–Kier alpha value is -4.17. The summed E-state index contributed by atoms with van der Waals surface area (Å²) >= 11 is 0. The zero-order valence-corrected chi connectivity index (χ0v) is 25.3. The first-order chi connectivity index (χ1) is 21.4. The lowest BCUT2D eigenvalue weighted by Crippen LogP contribution is -2.50. The summed E-state index contributed by atoms with van der Waals surface area (Å²) in [6, 6.07) is 7.12. The highest BCUT2D eigenvalue weighted by Crippen LogP contribution is 2.51. The van der Waals surface area contributed by atoms with E-state index in [-0.39, 0.29) is 30.0 Å². The van der Waals surface area contributed by atoms with Gasteiger partial charge in [-0.25, -0.2) is 17.5 Å². The van der Waals surface area contributed by atoms with Crippen LogP contribution < -0.4 is 0 Å². The third-order valence-corrected chi connectivity index (χ3v) is 10.7. The van der Waals surface area contributed by atoms with Crippen LogP contribution in [0.3, 0.4) is 0 Å². The molecule has 1 aromatic carbocycles. The Labute approximate surface area is 257 Å². The lowest BCUT2D eigenvalue weighted by molar-refractivity contribution is -0.137. The molecule has 2 aliphatic rings. The maximum atomic E-state index is 14.4. The molecule has 2 aliphatic carbocycles. The SMILES string of the molecule is CCN([C@H]1CCC2=Cc3c(cnn3-c3ccc(F)cc3)C[C@]2(C(=O)c2ccc(C(F)(F)F)cn2)C1)S(=O)(=O)c1cnn(CC)c1. The molecule has 0 bridgehead atoms. The van der Waals surface area contributed by atoms with Gasteiger partial charge in [-0.05, 0) is 80.6 Å². The Morgan fingerprint density at radius 3 is 2.44 bits per heavy atom. The van der Waals surface area contributed by atoms with Gasteiger partial charge in [-0.1, -0.05) is 12.5 Å². The number of fused-ring (bicyclic) bond motifs is 2. The van der Waals surface area contributed by atoms with E-state index < -0.39 is 44.8 Å². The fourth-order valence-electron chi connectivity index (χ4n) is 6.47. The molecule has 0 spiro atoms. The molecule has 3 heterocycles. The smallest absolute Gasteiger partial charge is 0.291 e. The predicted molar refractivity (Wildman–Crippen MR) is 156 cm³/mol. The number of carbonyl (C=O) groups excluding carboxylic acids is 1. The quantitative estimate of drug-likeness (QED) is 0.180. The summed E-state index contributed by atoms with van der Waals surface area (Å²) in [5, 5.41) is 8.62. The van der Waals surface area contributed by atoms with E-state index in [9.17, 15) is 30.8 Å². The molecular formula is C31H30F4N6O3S. The Bertz CT molecular complexity index is 1880. The summed E-state index contributed by atoms with van der Waals surface area (Å²) in [5.41, 5.74) is 0.326. The Kier molecular flexibility index (Phi) is 7.76. The van der Waals surface area contributed by atoms with Crippen LogP contribution in [-0.4, -0.2) is 55.6 Å². The monoisotopic (exact) mass is 642 g/mol. The number of nitrogens with zero attached hydrogens (tertiary/aromatic N) is 6. The van der Waals surface area contributed by atoms with Crippen LogP contribution in [0.25, 0.3) is 11.8 Å². The number of hydrogen-bond donors (Lipinski definition) is 0. The normalized spacial score (nSPS) is 20.1. The van der Waals surface area contributed by atoms with Gasteiger partial charge in [0.1, 0.15) is 16.4 Å². The predicted octanol–water partition coefficient (Wildman–Crippen LogP) is 5.71. The number of rotatable bonds is 8. The van der Waals surface area contributed by atoms with Gasteiger partial charge in [0, 0.05) is 31.5 Å². The third-order valence-electron chi connectivity index (χ3n) is 8.72. The molecule has 236 valence electrons. The van der Waals surface area contributed by atoms with Gasteiger partial charge < -0.3 is 0 Å². The molecule has 3 aromatic heterocycles. The van der Waals surface area contributed by atoms with Gasteiger partial charge in [0.05, 0.1) is 34.8 Å². The highest BCUT2D eigenvalue weighted by Gasteiger charge is 2.51. The van der Waals surface area contributed by atoms with Crippen molar-refractivity contribution in [3.05, 3.63) is 95.1 Å². The van der Waals surface area contributed by atoms with Gasteiger partial charge in [0.2, 0.25) is 10.0 Å². The molecule has 0 unspecified atom stereocenters. The summed E-state index contributed by atoms with van der Waals surface area (Å²) in [5.74, 6) is -0.887. The van der Waals surface area contributed by atoms with Gasteiger partial charge in [-0.3, -0.25) is 14.5 Å². The first-order valence-electron chi connectivity index (χ1n) is 14.5. The Morgan fingerprint density at radius 1 is 1.07 bits per heavy atom. The highest BCUT2D eigenvalue weighted by atomic mass is 32.2. The summed E-state index contributed by atoms with van der Waals surface area (Å²) < 4.78 is 85.7. The summed E-state index contributed by atoms with van der Waals surface area (Å²) in [6.07, 6.45) is 3.25. The van der Waals surface area contributed by atoms with Crippen LogP contribution in [0.1, 0.15) is 60.4 Å². The molecule has 9 nitrogen and oxygen atoms in total. The number of carbonyl (C=O) groups is 1. The van der Waals surface area contributed by atoms with E-state index in [0.29, 0.717) is 48.1 Å². The second kappa shape index (κ2) is 11.3. The number of allylic oxidation sites excluding steroid dienone is 1. The lowest BCUT2D eigenvalue weighted by Gasteiger charge is -2.46. The van der Waals surface area contributed by atoms with Gasteiger partial charge in [0.15, 0.2) is 5.78 Å². The molecule has 0 saturated heterocycles. The van der Waals surface area contributed by atoms with E-state index in [1.54, 1.807) is 29.9 Å². The largest absolute Gasteiger partial charge is 0.417 e. The second-order valence-electron chi connectivity index (χ2n) is 11.3.